The summed E-state index contributed by atoms with van der Waals surface area (Å²) in [7, 11) is 0. The molecule has 0 saturated heterocycles. The summed E-state index contributed by atoms with van der Waals surface area (Å²) in [5.41, 5.74) is 0. The van der Waals surface area contributed by atoms with Gasteiger partial charge < -0.3 is 10.2 Å². The Bertz CT molecular complexity index is 304. The topological polar surface area (TPSA) is 40.5 Å². The molecule has 0 amide bonds. The normalized spacial score (nSPS) is 21.3. The molecule has 2 atom stereocenters. The molecule has 0 bridgehead atoms. The van der Waals surface area contributed by atoms with Crippen LogP contribution in [-0.2, 0) is 6.42 Å². The van der Waals surface area contributed by atoms with E-state index in [1.54, 1.807) is 11.3 Å². The molecule has 17 heavy (non-hydrogen) atoms. The van der Waals surface area contributed by atoms with E-state index in [0.29, 0.717) is 12.3 Å². The van der Waals surface area contributed by atoms with E-state index in [2.05, 4.69) is 11.4 Å². The predicted molar refractivity (Wildman–Crippen MR) is 71.2 cm³/mol. The third-order valence-corrected chi connectivity index (χ3v) is 4.73. The second-order valence-corrected chi connectivity index (χ2v) is 6.11. The number of aryl methyl sites for hydroxylation is 1. The van der Waals surface area contributed by atoms with Gasteiger partial charge in [0.1, 0.15) is 0 Å². The molecule has 0 spiro atoms. The second-order valence-electron chi connectivity index (χ2n) is 5.07. The van der Waals surface area contributed by atoms with E-state index < -0.39 is 12.2 Å². The van der Waals surface area contributed by atoms with Crippen LogP contribution in [0.15, 0.2) is 17.5 Å². The van der Waals surface area contributed by atoms with Gasteiger partial charge in [-0.15, -0.1) is 11.3 Å². The summed E-state index contributed by atoms with van der Waals surface area (Å²) in [6.07, 6.45) is 6.35. The molecule has 1 saturated carbocycles. The maximum absolute atomic E-state index is 10.1. The van der Waals surface area contributed by atoms with Crippen molar-refractivity contribution in [3.05, 3.63) is 22.4 Å². The smallest absolute Gasteiger partial charge is 0.0827 e. The van der Waals surface area contributed by atoms with Crippen LogP contribution in [0.2, 0.25) is 0 Å². The molecule has 2 N–H and O–H groups in total. The molecule has 0 aromatic carbocycles. The van der Waals surface area contributed by atoms with Gasteiger partial charge in [0.25, 0.3) is 0 Å². The van der Waals surface area contributed by atoms with Crippen molar-refractivity contribution >= 4 is 11.3 Å². The highest BCUT2D eigenvalue weighted by molar-refractivity contribution is 7.09. The van der Waals surface area contributed by atoms with Crippen molar-refractivity contribution in [3.8, 4) is 0 Å². The van der Waals surface area contributed by atoms with Crippen molar-refractivity contribution in [3.63, 3.8) is 0 Å². The maximum Gasteiger partial charge on any atom is 0.0827 e. The predicted octanol–water partition coefficient (Wildman–Crippen LogP) is 2.98. The van der Waals surface area contributed by atoms with Gasteiger partial charge in [0.2, 0.25) is 0 Å². The van der Waals surface area contributed by atoms with Crippen LogP contribution >= 0.6 is 11.3 Å². The first kappa shape index (κ1) is 13.1. The average Bonchev–Trinajstić information content (AvgIpc) is 2.89. The lowest BCUT2D eigenvalue weighted by molar-refractivity contribution is -0.0302. The molecule has 2 rings (SSSR count). The van der Waals surface area contributed by atoms with Gasteiger partial charge in [-0.25, -0.2) is 0 Å². The molecular weight excluding hydrogens is 232 g/mol. The summed E-state index contributed by atoms with van der Waals surface area (Å²) in [6, 6.07) is 4.12. The molecule has 2 unspecified atom stereocenters. The summed E-state index contributed by atoms with van der Waals surface area (Å²) < 4.78 is 0. The van der Waals surface area contributed by atoms with Crippen molar-refractivity contribution in [1.29, 1.82) is 0 Å². The van der Waals surface area contributed by atoms with E-state index in [1.165, 1.54) is 24.1 Å². The minimum atomic E-state index is -0.555. The molecule has 1 aromatic rings. The van der Waals surface area contributed by atoms with E-state index >= 15 is 0 Å². The van der Waals surface area contributed by atoms with Crippen molar-refractivity contribution < 1.29 is 10.2 Å². The Kier molecular flexibility index (Phi) is 5.01. The summed E-state index contributed by atoms with van der Waals surface area (Å²) in [5.74, 6) is 0.321. The lowest BCUT2D eigenvalue weighted by atomic mass is 9.82. The van der Waals surface area contributed by atoms with Gasteiger partial charge in [0.05, 0.1) is 12.2 Å². The Morgan fingerprint density at radius 3 is 2.65 bits per heavy atom. The highest BCUT2D eigenvalue weighted by Crippen LogP contribution is 2.28. The quantitative estimate of drug-likeness (QED) is 0.848. The molecule has 96 valence electrons. The molecule has 3 heteroatoms. The monoisotopic (exact) mass is 254 g/mol. The van der Waals surface area contributed by atoms with Gasteiger partial charge in [-0.3, -0.25) is 0 Å². The summed E-state index contributed by atoms with van der Waals surface area (Å²) in [6.45, 7) is 0. The largest absolute Gasteiger partial charge is 0.390 e. The number of aliphatic hydroxyl groups excluding tert-OH is 2. The Labute approximate surface area is 107 Å². The summed E-state index contributed by atoms with van der Waals surface area (Å²) >= 11 is 1.72. The van der Waals surface area contributed by atoms with Crippen LogP contribution in [0, 0.1) is 5.92 Å². The second kappa shape index (κ2) is 6.53. The Morgan fingerprint density at radius 1 is 1.24 bits per heavy atom. The fraction of sp³-hybridized carbons (Fsp3) is 0.714. The maximum atomic E-state index is 10.1. The first-order chi connectivity index (χ1) is 8.27. The van der Waals surface area contributed by atoms with E-state index in [-0.39, 0.29) is 0 Å². The van der Waals surface area contributed by atoms with Crippen molar-refractivity contribution in [2.45, 2.75) is 57.2 Å². The first-order valence-electron chi connectivity index (χ1n) is 6.66. The average molecular weight is 254 g/mol. The third-order valence-electron chi connectivity index (χ3n) is 3.79. The van der Waals surface area contributed by atoms with Crippen LogP contribution in [0.4, 0.5) is 0 Å². The lowest BCUT2D eigenvalue weighted by Crippen LogP contribution is -2.34. The van der Waals surface area contributed by atoms with Crippen LogP contribution in [0.3, 0.4) is 0 Å². The van der Waals surface area contributed by atoms with Crippen LogP contribution in [0.1, 0.15) is 43.4 Å². The van der Waals surface area contributed by atoms with Crippen LogP contribution in [0.25, 0.3) is 0 Å². The Morgan fingerprint density at radius 2 is 2.00 bits per heavy atom. The van der Waals surface area contributed by atoms with E-state index in [0.717, 1.165) is 19.3 Å². The number of thiophene rings is 1. The zero-order chi connectivity index (χ0) is 12.1. The summed E-state index contributed by atoms with van der Waals surface area (Å²) in [5, 5.41) is 22.2. The van der Waals surface area contributed by atoms with E-state index in [4.69, 9.17) is 0 Å². The number of hydrogen-bond donors (Lipinski definition) is 2. The zero-order valence-electron chi connectivity index (χ0n) is 10.2. The molecule has 1 heterocycles. The minimum absolute atomic E-state index is 0.321. The first-order valence-corrected chi connectivity index (χ1v) is 7.54. The van der Waals surface area contributed by atoms with Crippen molar-refractivity contribution in [2.75, 3.05) is 0 Å². The summed E-state index contributed by atoms with van der Waals surface area (Å²) in [4.78, 5) is 1.29. The van der Waals surface area contributed by atoms with E-state index in [1.807, 2.05) is 6.07 Å². The SMILES string of the molecule is OC(CCc1cccs1)C(O)C1CCCCC1. The number of hydrogen-bond acceptors (Lipinski definition) is 3. The molecule has 1 aliphatic carbocycles. The molecule has 2 nitrogen and oxygen atoms in total. The van der Waals surface area contributed by atoms with Crippen LogP contribution in [0.5, 0.6) is 0 Å². The molecule has 0 radical (unpaired) electrons. The van der Waals surface area contributed by atoms with Gasteiger partial charge in [-0.05, 0) is 43.0 Å². The van der Waals surface area contributed by atoms with Crippen LogP contribution in [-0.4, -0.2) is 22.4 Å². The van der Waals surface area contributed by atoms with Gasteiger partial charge in [0, 0.05) is 4.88 Å². The van der Waals surface area contributed by atoms with Crippen LogP contribution < -0.4 is 0 Å². The number of aliphatic hydroxyl groups is 2. The van der Waals surface area contributed by atoms with Crippen molar-refractivity contribution in [2.24, 2.45) is 5.92 Å². The zero-order valence-corrected chi connectivity index (χ0v) is 11.0. The van der Waals surface area contributed by atoms with Gasteiger partial charge >= 0.3 is 0 Å². The Hall–Kier alpha value is -0.380. The van der Waals surface area contributed by atoms with Crippen molar-refractivity contribution in [1.82, 2.24) is 0 Å². The molecule has 1 aromatic heterocycles. The lowest BCUT2D eigenvalue weighted by Gasteiger charge is -2.29. The fourth-order valence-electron chi connectivity index (χ4n) is 2.71. The minimum Gasteiger partial charge on any atom is -0.390 e. The highest BCUT2D eigenvalue weighted by Gasteiger charge is 2.27. The third kappa shape index (κ3) is 3.80. The van der Waals surface area contributed by atoms with E-state index in [9.17, 15) is 10.2 Å². The number of rotatable bonds is 5. The Balaban J connectivity index is 1.76. The molecular formula is C14H22O2S. The van der Waals surface area contributed by atoms with Gasteiger partial charge in [-0.1, -0.05) is 25.3 Å². The molecule has 0 aliphatic heterocycles. The molecule has 1 aliphatic rings. The van der Waals surface area contributed by atoms with Gasteiger partial charge in [0.15, 0.2) is 0 Å². The van der Waals surface area contributed by atoms with Gasteiger partial charge in [-0.2, -0.15) is 0 Å². The highest BCUT2D eigenvalue weighted by atomic mass is 32.1. The fourth-order valence-corrected chi connectivity index (χ4v) is 3.43. The molecule has 1 fully saturated rings. The standard InChI is InChI=1S/C14H22O2S/c15-13(9-8-12-7-4-10-17-12)14(16)11-5-2-1-3-6-11/h4,7,10-11,13-16H,1-3,5-6,8-9H2.